The zero-order valence-electron chi connectivity index (χ0n) is 9.65. The van der Waals surface area contributed by atoms with Crippen LogP contribution in [0.25, 0.3) is 0 Å². The molecule has 0 saturated heterocycles. The number of halogens is 1. The van der Waals surface area contributed by atoms with E-state index in [2.05, 4.69) is 5.43 Å². The van der Waals surface area contributed by atoms with E-state index < -0.39 is 0 Å². The van der Waals surface area contributed by atoms with Crippen LogP contribution in [0.4, 0.5) is 4.39 Å². The Kier molecular flexibility index (Phi) is 3.52. The Morgan fingerprint density at radius 1 is 1.06 bits per heavy atom. The van der Waals surface area contributed by atoms with Crippen molar-refractivity contribution >= 4 is 0 Å². The average molecular weight is 230 g/mol. The summed E-state index contributed by atoms with van der Waals surface area (Å²) in [7, 11) is 0. The Morgan fingerprint density at radius 2 is 1.76 bits per heavy atom. The molecule has 0 heterocycles. The molecule has 1 unspecified atom stereocenters. The van der Waals surface area contributed by atoms with Gasteiger partial charge in [0.05, 0.1) is 6.04 Å². The Morgan fingerprint density at radius 3 is 2.35 bits per heavy atom. The fourth-order valence-corrected chi connectivity index (χ4v) is 1.83. The number of hydrazine groups is 1. The summed E-state index contributed by atoms with van der Waals surface area (Å²) in [5.74, 6) is 5.30. The number of rotatable bonds is 3. The molecule has 0 aromatic heterocycles. The molecule has 2 rings (SSSR count). The van der Waals surface area contributed by atoms with Gasteiger partial charge in [-0.3, -0.25) is 5.84 Å². The second-order valence-electron chi connectivity index (χ2n) is 4.07. The predicted molar refractivity (Wildman–Crippen MR) is 66.7 cm³/mol. The first-order valence-corrected chi connectivity index (χ1v) is 5.49. The SMILES string of the molecule is Cc1ccc(C(NN)c2cccc(F)c2)cc1. The minimum atomic E-state index is -0.255. The van der Waals surface area contributed by atoms with Gasteiger partial charge in [-0.2, -0.15) is 0 Å². The topological polar surface area (TPSA) is 38.0 Å². The lowest BCUT2D eigenvalue weighted by Crippen LogP contribution is -2.28. The molecule has 0 fully saturated rings. The summed E-state index contributed by atoms with van der Waals surface area (Å²) in [5, 5.41) is 0. The highest BCUT2D eigenvalue weighted by atomic mass is 19.1. The van der Waals surface area contributed by atoms with E-state index in [0.717, 1.165) is 11.1 Å². The lowest BCUT2D eigenvalue weighted by molar-refractivity contribution is 0.605. The molecule has 0 amide bonds. The Hall–Kier alpha value is -1.71. The van der Waals surface area contributed by atoms with Gasteiger partial charge in [0.2, 0.25) is 0 Å². The van der Waals surface area contributed by atoms with Crippen LogP contribution in [0.15, 0.2) is 48.5 Å². The molecular weight excluding hydrogens is 215 g/mol. The molecular formula is C14H15FN2. The van der Waals surface area contributed by atoms with Gasteiger partial charge in [-0.1, -0.05) is 42.0 Å². The molecule has 1 atom stereocenters. The Balaban J connectivity index is 2.36. The van der Waals surface area contributed by atoms with Gasteiger partial charge in [0.1, 0.15) is 5.82 Å². The number of nitrogens with one attached hydrogen (secondary N) is 1. The zero-order chi connectivity index (χ0) is 12.3. The molecule has 0 saturated carbocycles. The molecule has 3 N–H and O–H groups in total. The van der Waals surface area contributed by atoms with Crippen LogP contribution < -0.4 is 11.3 Å². The molecule has 0 radical (unpaired) electrons. The Labute approximate surface area is 100 Å². The number of hydrogen-bond acceptors (Lipinski definition) is 2. The molecule has 17 heavy (non-hydrogen) atoms. The summed E-state index contributed by atoms with van der Waals surface area (Å²) in [6.45, 7) is 2.02. The first-order chi connectivity index (χ1) is 8.20. The van der Waals surface area contributed by atoms with Crippen molar-refractivity contribution in [3.05, 3.63) is 71.0 Å². The van der Waals surface area contributed by atoms with E-state index in [-0.39, 0.29) is 11.9 Å². The van der Waals surface area contributed by atoms with Crippen molar-refractivity contribution in [3.63, 3.8) is 0 Å². The minimum absolute atomic E-state index is 0.189. The second kappa shape index (κ2) is 5.08. The van der Waals surface area contributed by atoms with Gasteiger partial charge < -0.3 is 0 Å². The lowest BCUT2D eigenvalue weighted by Gasteiger charge is -2.17. The van der Waals surface area contributed by atoms with E-state index in [0.29, 0.717) is 0 Å². The van der Waals surface area contributed by atoms with Crippen molar-refractivity contribution in [2.45, 2.75) is 13.0 Å². The van der Waals surface area contributed by atoms with Gasteiger partial charge in [0, 0.05) is 0 Å². The third-order valence-corrected chi connectivity index (χ3v) is 2.76. The van der Waals surface area contributed by atoms with E-state index in [4.69, 9.17) is 5.84 Å². The summed E-state index contributed by atoms with van der Waals surface area (Å²) in [6, 6.07) is 14.3. The van der Waals surface area contributed by atoms with Gasteiger partial charge in [-0.05, 0) is 30.2 Å². The third kappa shape index (κ3) is 2.70. The molecule has 2 aromatic rings. The monoisotopic (exact) mass is 230 g/mol. The highest BCUT2D eigenvalue weighted by Crippen LogP contribution is 2.22. The Bertz CT molecular complexity index is 494. The summed E-state index contributed by atoms with van der Waals surface area (Å²) < 4.78 is 13.2. The molecule has 88 valence electrons. The number of hydrogen-bond donors (Lipinski definition) is 2. The largest absolute Gasteiger partial charge is 0.271 e. The van der Waals surface area contributed by atoms with Gasteiger partial charge in [-0.15, -0.1) is 0 Å². The molecule has 0 aliphatic carbocycles. The van der Waals surface area contributed by atoms with Crippen molar-refractivity contribution in [1.29, 1.82) is 0 Å². The quantitative estimate of drug-likeness (QED) is 0.628. The maximum absolute atomic E-state index is 13.2. The predicted octanol–water partition coefficient (Wildman–Crippen LogP) is 2.69. The van der Waals surface area contributed by atoms with Crippen LogP contribution in [0.5, 0.6) is 0 Å². The van der Waals surface area contributed by atoms with Crippen molar-refractivity contribution < 1.29 is 4.39 Å². The molecule has 3 heteroatoms. The van der Waals surface area contributed by atoms with Gasteiger partial charge in [0.25, 0.3) is 0 Å². The van der Waals surface area contributed by atoms with E-state index in [1.54, 1.807) is 6.07 Å². The first kappa shape index (κ1) is 11.8. The van der Waals surface area contributed by atoms with Crippen molar-refractivity contribution in [2.24, 2.45) is 5.84 Å². The summed E-state index contributed by atoms with van der Waals surface area (Å²) in [6.07, 6.45) is 0. The summed E-state index contributed by atoms with van der Waals surface area (Å²) in [5.41, 5.74) is 5.73. The highest BCUT2D eigenvalue weighted by molar-refractivity contribution is 5.33. The first-order valence-electron chi connectivity index (χ1n) is 5.49. The third-order valence-electron chi connectivity index (χ3n) is 2.76. The fourth-order valence-electron chi connectivity index (χ4n) is 1.83. The van der Waals surface area contributed by atoms with Crippen LogP contribution in [0.1, 0.15) is 22.7 Å². The molecule has 2 nitrogen and oxygen atoms in total. The van der Waals surface area contributed by atoms with Crippen molar-refractivity contribution in [1.82, 2.24) is 5.43 Å². The van der Waals surface area contributed by atoms with Crippen LogP contribution in [0.2, 0.25) is 0 Å². The molecule has 2 aromatic carbocycles. The number of aryl methyl sites for hydroxylation is 1. The fraction of sp³-hybridized carbons (Fsp3) is 0.143. The highest BCUT2D eigenvalue weighted by Gasteiger charge is 2.12. The standard InChI is InChI=1S/C14H15FN2/c1-10-5-7-11(8-6-10)14(17-16)12-3-2-4-13(15)9-12/h2-9,14,17H,16H2,1H3. The van der Waals surface area contributed by atoms with Crippen LogP contribution in [-0.4, -0.2) is 0 Å². The maximum Gasteiger partial charge on any atom is 0.123 e. The minimum Gasteiger partial charge on any atom is -0.271 e. The average Bonchev–Trinajstić information content (AvgIpc) is 2.33. The molecule has 0 bridgehead atoms. The van der Waals surface area contributed by atoms with Crippen LogP contribution in [0, 0.1) is 12.7 Å². The van der Waals surface area contributed by atoms with Gasteiger partial charge in [0.15, 0.2) is 0 Å². The normalized spacial score (nSPS) is 12.4. The van der Waals surface area contributed by atoms with Crippen molar-refractivity contribution in [3.8, 4) is 0 Å². The van der Waals surface area contributed by atoms with E-state index in [9.17, 15) is 4.39 Å². The van der Waals surface area contributed by atoms with Crippen LogP contribution >= 0.6 is 0 Å². The maximum atomic E-state index is 13.2. The molecule has 0 aliphatic rings. The number of benzene rings is 2. The van der Waals surface area contributed by atoms with E-state index in [1.807, 2.05) is 37.3 Å². The van der Waals surface area contributed by atoms with Crippen molar-refractivity contribution in [2.75, 3.05) is 0 Å². The molecule has 0 spiro atoms. The molecule has 0 aliphatic heterocycles. The van der Waals surface area contributed by atoms with Gasteiger partial charge in [-0.25, -0.2) is 9.82 Å². The number of nitrogens with two attached hydrogens (primary N) is 1. The van der Waals surface area contributed by atoms with Crippen LogP contribution in [-0.2, 0) is 0 Å². The van der Waals surface area contributed by atoms with Crippen LogP contribution in [0.3, 0.4) is 0 Å². The smallest absolute Gasteiger partial charge is 0.123 e. The second-order valence-corrected chi connectivity index (χ2v) is 4.07. The van der Waals surface area contributed by atoms with Gasteiger partial charge >= 0.3 is 0 Å². The summed E-state index contributed by atoms with van der Waals surface area (Å²) >= 11 is 0. The van der Waals surface area contributed by atoms with E-state index >= 15 is 0 Å². The zero-order valence-corrected chi connectivity index (χ0v) is 9.65. The lowest BCUT2D eigenvalue weighted by atomic mass is 9.98. The summed E-state index contributed by atoms with van der Waals surface area (Å²) in [4.78, 5) is 0. The van der Waals surface area contributed by atoms with E-state index in [1.165, 1.54) is 17.7 Å².